The van der Waals surface area contributed by atoms with E-state index in [9.17, 15) is 9.18 Å². The van der Waals surface area contributed by atoms with E-state index >= 15 is 0 Å². The van der Waals surface area contributed by atoms with Crippen LogP contribution in [0.2, 0.25) is 0 Å². The lowest BCUT2D eigenvalue weighted by atomic mass is 10.1. The zero-order valence-electron chi connectivity index (χ0n) is 9.74. The second-order valence-electron chi connectivity index (χ2n) is 3.67. The van der Waals surface area contributed by atoms with Gasteiger partial charge in [0.15, 0.2) is 0 Å². The molecule has 0 radical (unpaired) electrons. The molecule has 0 N–H and O–H groups in total. The first kappa shape index (κ1) is 12.8. The maximum Gasteiger partial charge on any atom is 0.340 e. The van der Waals surface area contributed by atoms with Crippen LogP contribution in [0, 0.1) is 5.82 Å². The molecule has 2 rings (SSSR count). The van der Waals surface area contributed by atoms with Gasteiger partial charge in [-0.05, 0) is 31.2 Å². The van der Waals surface area contributed by atoms with Gasteiger partial charge in [0, 0.05) is 5.39 Å². The summed E-state index contributed by atoms with van der Waals surface area (Å²) in [6, 6.07) is 5.75. The average molecular weight is 268 g/mol. The van der Waals surface area contributed by atoms with Crippen molar-refractivity contribution >= 4 is 28.5 Å². The molecule has 2 aromatic rings. The lowest BCUT2D eigenvalue weighted by Gasteiger charge is -2.08. The van der Waals surface area contributed by atoms with Gasteiger partial charge in [0.25, 0.3) is 0 Å². The highest BCUT2D eigenvalue weighted by Crippen LogP contribution is 2.20. The van der Waals surface area contributed by atoms with E-state index in [1.54, 1.807) is 19.1 Å². The molecule has 0 aliphatic carbocycles. The summed E-state index contributed by atoms with van der Waals surface area (Å²) in [5, 5.41) is 0.548. The van der Waals surface area contributed by atoms with Gasteiger partial charge in [0.05, 0.1) is 29.3 Å². The Labute approximate surface area is 109 Å². The number of alkyl halides is 1. The molecule has 18 heavy (non-hydrogen) atoms. The number of ether oxygens (including phenoxy) is 1. The number of benzene rings is 1. The number of pyridine rings is 1. The molecule has 1 aromatic heterocycles. The minimum Gasteiger partial charge on any atom is -0.462 e. The van der Waals surface area contributed by atoms with Crippen LogP contribution in [0.25, 0.3) is 10.9 Å². The van der Waals surface area contributed by atoms with Crippen LogP contribution in [-0.2, 0) is 10.6 Å². The molecule has 0 saturated heterocycles. The van der Waals surface area contributed by atoms with Crippen molar-refractivity contribution in [3.63, 3.8) is 0 Å². The van der Waals surface area contributed by atoms with Crippen LogP contribution in [0.15, 0.2) is 24.3 Å². The molecule has 1 aromatic carbocycles. The lowest BCUT2D eigenvalue weighted by Crippen LogP contribution is -2.09. The van der Waals surface area contributed by atoms with Gasteiger partial charge in [-0.25, -0.2) is 9.18 Å². The number of esters is 1. The monoisotopic (exact) mass is 267 g/mol. The number of carbonyl (C=O) groups excluding carboxylic acids is 1. The highest BCUT2D eigenvalue weighted by Gasteiger charge is 2.15. The summed E-state index contributed by atoms with van der Waals surface area (Å²) in [6.45, 7) is 1.98. The van der Waals surface area contributed by atoms with E-state index in [0.29, 0.717) is 16.6 Å². The summed E-state index contributed by atoms with van der Waals surface area (Å²) in [5.41, 5.74) is 1.32. The SMILES string of the molecule is CCOC(=O)c1cc2cc(F)ccc2nc1CCl. The van der Waals surface area contributed by atoms with Crippen molar-refractivity contribution in [2.75, 3.05) is 6.61 Å². The molecule has 3 nitrogen and oxygen atoms in total. The summed E-state index contributed by atoms with van der Waals surface area (Å²) >= 11 is 5.76. The minimum atomic E-state index is -0.494. The number of hydrogen-bond donors (Lipinski definition) is 0. The third kappa shape index (κ3) is 2.43. The van der Waals surface area contributed by atoms with E-state index < -0.39 is 5.97 Å². The number of rotatable bonds is 3. The van der Waals surface area contributed by atoms with Gasteiger partial charge in [0.1, 0.15) is 5.82 Å². The maximum absolute atomic E-state index is 13.1. The van der Waals surface area contributed by atoms with Crippen molar-refractivity contribution in [2.24, 2.45) is 0 Å². The molecule has 0 spiro atoms. The summed E-state index contributed by atoms with van der Waals surface area (Å²) in [7, 11) is 0. The van der Waals surface area contributed by atoms with Crippen LogP contribution in [0.3, 0.4) is 0 Å². The van der Waals surface area contributed by atoms with Gasteiger partial charge in [-0.1, -0.05) is 0 Å². The topological polar surface area (TPSA) is 39.2 Å². The standard InChI is InChI=1S/C13H11ClFNO2/c1-2-18-13(17)10-6-8-5-9(15)3-4-11(8)16-12(10)7-14/h3-6H,2,7H2,1H3. The van der Waals surface area contributed by atoms with Gasteiger partial charge in [-0.15, -0.1) is 11.6 Å². The Kier molecular flexibility index (Phi) is 3.77. The molecule has 94 valence electrons. The first-order chi connectivity index (χ1) is 8.65. The quantitative estimate of drug-likeness (QED) is 0.633. The molecule has 1 heterocycles. The van der Waals surface area contributed by atoms with Crippen molar-refractivity contribution in [3.8, 4) is 0 Å². The zero-order chi connectivity index (χ0) is 13.1. The molecule has 0 saturated carbocycles. The Morgan fingerprint density at radius 3 is 2.89 bits per heavy atom. The zero-order valence-corrected chi connectivity index (χ0v) is 10.5. The normalized spacial score (nSPS) is 10.6. The highest BCUT2D eigenvalue weighted by atomic mass is 35.5. The molecule has 0 bridgehead atoms. The van der Waals surface area contributed by atoms with E-state index in [2.05, 4.69) is 4.98 Å². The molecule has 0 aliphatic rings. The van der Waals surface area contributed by atoms with Crippen LogP contribution in [0.4, 0.5) is 4.39 Å². The van der Waals surface area contributed by atoms with Crippen molar-refractivity contribution in [2.45, 2.75) is 12.8 Å². The summed E-state index contributed by atoms with van der Waals surface area (Å²) < 4.78 is 18.0. The van der Waals surface area contributed by atoms with Gasteiger partial charge in [-0.2, -0.15) is 0 Å². The number of nitrogens with zero attached hydrogens (tertiary/aromatic N) is 1. The smallest absolute Gasteiger partial charge is 0.340 e. The summed E-state index contributed by atoms with van der Waals surface area (Å²) in [4.78, 5) is 16.0. The second kappa shape index (κ2) is 5.31. The van der Waals surface area contributed by atoms with E-state index in [0.717, 1.165) is 0 Å². The molecule has 0 unspecified atom stereocenters. The van der Waals surface area contributed by atoms with Gasteiger partial charge in [0.2, 0.25) is 0 Å². The summed E-state index contributed by atoms with van der Waals surface area (Å²) in [6.07, 6.45) is 0. The fourth-order valence-corrected chi connectivity index (χ4v) is 1.88. The third-order valence-corrected chi connectivity index (χ3v) is 2.73. The van der Waals surface area contributed by atoms with Crippen LogP contribution in [0.1, 0.15) is 23.0 Å². The van der Waals surface area contributed by atoms with Crippen LogP contribution in [-0.4, -0.2) is 17.6 Å². The average Bonchev–Trinajstić information content (AvgIpc) is 2.37. The molecule has 0 amide bonds. The third-order valence-electron chi connectivity index (χ3n) is 2.48. The van der Waals surface area contributed by atoms with E-state index in [1.165, 1.54) is 12.1 Å². The Morgan fingerprint density at radius 2 is 2.22 bits per heavy atom. The largest absolute Gasteiger partial charge is 0.462 e. The number of fused-ring (bicyclic) bond motifs is 1. The van der Waals surface area contributed by atoms with Crippen molar-refractivity contribution in [1.82, 2.24) is 4.98 Å². The van der Waals surface area contributed by atoms with Crippen molar-refractivity contribution in [1.29, 1.82) is 0 Å². The minimum absolute atomic E-state index is 0.0987. The Hall–Kier alpha value is -1.68. The molecule has 0 fully saturated rings. The Balaban J connectivity index is 2.60. The van der Waals surface area contributed by atoms with Gasteiger partial charge in [-0.3, -0.25) is 4.98 Å². The molecular formula is C13H11ClFNO2. The fraction of sp³-hybridized carbons (Fsp3) is 0.231. The maximum atomic E-state index is 13.1. The predicted octanol–water partition coefficient (Wildman–Crippen LogP) is 3.29. The fourth-order valence-electron chi connectivity index (χ4n) is 1.67. The molecular weight excluding hydrogens is 257 g/mol. The summed E-state index contributed by atoms with van der Waals surface area (Å²) in [5.74, 6) is -0.772. The van der Waals surface area contributed by atoms with E-state index in [-0.39, 0.29) is 23.9 Å². The molecule has 0 aliphatic heterocycles. The number of halogens is 2. The first-order valence-electron chi connectivity index (χ1n) is 5.48. The Morgan fingerprint density at radius 1 is 1.44 bits per heavy atom. The number of carbonyl (C=O) groups is 1. The lowest BCUT2D eigenvalue weighted by molar-refractivity contribution is 0.0525. The van der Waals surface area contributed by atoms with E-state index in [1.807, 2.05) is 0 Å². The highest BCUT2D eigenvalue weighted by molar-refractivity contribution is 6.17. The number of aromatic nitrogens is 1. The first-order valence-corrected chi connectivity index (χ1v) is 6.01. The van der Waals surface area contributed by atoms with Crippen LogP contribution in [0.5, 0.6) is 0 Å². The van der Waals surface area contributed by atoms with Gasteiger partial charge < -0.3 is 4.74 Å². The van der Waals surface area contributed by atoms with Crippen molar-refractivity contribution < 1.29 is 13.9 Å². The van der Waals surface area contributed by atoms with Crippen molar-refractivity contribution in [3.05, 3.63) is 41.3 Å². The number of hydrogen-bond acceptors (Lipinski definition) is 3. The van der Waals surface area contributed by atoms with E-state index in [4.69, 9.17) is 16.3 Å². The van der Waals surface area contributed by atoms with Gasteiger partial charge >= 0.3 is 5.97 Å². The Bertz CT molecular complexity index is 601. The predicted molar refractivity (Wildman–Crippen MR) is 67.2 cm³/mol. The second-order valence-corrected chi connectivity index (χ2v) is 3.94. The molecule has 5 heteroatoms. The van der Waals surface area contributed by atoms with Crippen LogP contribution >= 0.6 is 11.6 Å². The molecule has 0 atom stereocenters. The van der Waals surface area contributed by atoms with Crippen LogP contribution < -0.4 is 0 Å².